The van der Waals surface area contributed by atoms with Gasteiger partial charge in [-0.25, -0.2) is 5.43 Å². The minimum Gasteiger partial charge on any atom is -0.484 e. The number of fused-ring (bicyclic) bond motifs is 1. The van der Waals surface area contributed by atoms with Crippen molar-refractivity contribution in [3.63, 3.8) is 0 Å². The van der Waals surface area contributed by atoms with E-state index in [0.717, 1.165) is 17.4 Å². The molecular weight excluding hydrogens is 336 g/mol. The topological polar surface area (TPSA) is 50.7 Å². The monoisotopic (exact) mass is 360 g/mol. The number of nitrogens with one attached hydrogen (secondary N) is 1. The van der Waals surface area contributed by atoms with Crippen molar-refractivity contribution in [3.8, 4) is 5.75 Å². The van der Waals surface area contributed by atoms with Crippen LogP contribution in [0.25, 0.3) is 10.8 Å². The molecule has 3 aromatic rings. The molecule has 0 spiro atoms. The van der Waals surface area contributed by atoms with E-state index in [-0.39, 0.29) is 12.5 Å². The van der Waals surface area contributed by atoms with Crippen LogP contribution in [0.3, 0.4) is 0 Å². The highest BCUT2D eigenvalue weighted by Crippen LogP contribution is 2.21. The summed E-state index contributed by atoms with van der Waals surface area (Å²) in [6.07, 6.45) is 2.73. The molecular formula is C23H24N2O2. The summed E-state index contributed by atoms with van der Waals surface area (Å²) >= 11 is 0. The first kappa shape index (κ1) is 18.6. The van der Waals surface area contributed by atoms with Crippen molar-refractivity contribution in [1.29, 1.82) is 0 Å². The molecule has 0 saturated carbocycles. The van der Waals surface area contributed by atoms with Gasteiger partial charge in [0.15, 0.2) is 6.61 Å². The summed E-state index contributed by atoms with van der Waals surface area (Å²) in [5, 5.41) is 6.31. The number of hydrogen-bond acceptors (Lipinski definition) is 3. The Labute approximate surface area is 159 Å². The number of hydrogen-bond donors (Lipinski definition) is 1. The number of nitrogens with zero attached hydrogens (tertiary/aromatic N) is 1. The van der Waals surface area contributed by atoms with Gasteiger partial charge in [0.1, 0.15) is 5.75 Å². The van der Waals surface area contributed by atoms with E-state index in [9.17, 15) is 4.79 Å². The number of amides is 1. The number of carbonyl (C=O) groups is 1. The van der Waals surface area contributed by atoms with Gasteiger partial charge >= 0.3 is 0 Å². The molecule has 0 aliphatic heterocycles. The van der Waals surface area contributed by atoms with E-state index in [4.69, 9.17) is 4.74 Å². The fraction of sp³-hybridized carbons (Fsp3) is 0.217. The third kappa shape index (κ3) is 5.17. The van der Waals surface area contributed by atoms with Crippen molar-refractivity contribution in [2.24, 2.45) is 5.10 Å². The molecule has 4 nitrogen and oxygen atoms in total. The summed E-state index contributed by atoms with van der Waals surface area (Å²) in [4.78, 5) is 11.9. The van der Waals surface area contributed by atoms with Crippen LogP contribution in [0, 0.1) is 0 Å². The summed E-state index contributed by atoms with van der Waals surface area (Å²) in [7, 11) is 0. The number of ether oxygens (including phenoxy) is 1. The van der Waals surface area contributed by atoms with Gasteiger partial charge in [-0.15, -0.1) is 0 Å². The zero-order valence-corrected chi connectivity index (χ0v) is 15.7. The van der Waals surface area contributed by atoms with Gasteiger partial charge in [0.05, 0.1) is 6.21 Å². The average Bonchev–Trinajstić information content (AvgIpc) is 2.72. The van der Waals surface area contributed by atoms with Gasteiger partial charge in [0, 0.05) is 0 Å². The van der Waals surface area contributed by atoms with E-state index in [1.807, 2.05) is 60.7 Å². The first-order chi connectivity index (χ1) is 13.2. The molecule has 1 N–H and O–H groups in total. The lowest BCUT2D eigenvalue weighted by Crippen LogP contribution is -2.24. The molecule has 4 heteroatoms. The average molecular weight is 360 g/mol. The van der Waals surface area contributed by atoms with Crippen LogP contribution in [-0.2, 0) is 4.79 Å². The van der Waals surface area contributed by atoms with E-state index in [1.165, 1.54) is 10.9 Å². The van der Waals surface area contributed by atoms with Gasteiger partial charge in [-0.05, 0) is 52.4 Å². The molecule has 27 heavy (non-hydrogen) atoms. The second-order valence-electron chi connectivity index (χ2n) is 6.57. The van der Waals surface area contributed by atoms with Crippen LogP contribution >= 0.6 is 0 Å². The van der Waals surface area contributed by atoms with E-state index in [1.54, 1.807) is 6.21 Å². The molecule has 3 aromatic carbocycles. The Bertz CT molecular complexity index is 933. The first-order valence-corrected chi connectivity index (χ1v) is 9.19. The molecule has 1 atom stereocenters. The number of carbonyl (C=O) groups excluding carboxylic acids is 1. The van der Waals surface area contributed by atoms with E-state index in [2.05, 4.69) is 30.4 Å². The SMILES string of the molecule is CC[C@@H](C)c1ccc(OCC(=O)N/N=C\c2ccc3ccccc3c2)cc1. The van der Waals surface area contributed by atoms with Gasteiger partial charge in [-0.1, -0.05) is 62.4 Å². The number of rotatable bonds is 7. The van der Waals surface area contributed by atoms with Crippen LogP contribution in [0.5, 0.6) is 5.75 Å². The van der Waals surface area contributed by atoms with Crippen molar-refractivity contribution < 1.29 is 9.53 Å². The zero-order chi connectivity index (χ0) is 19.1. The number of benzene rings is 3. The highest BCUT2D eigenvalue weighted by molar-refractivity contribution is 5.90. The quantitative estimate of drug-likeness (QED) is 0.482. The van der Waals surface area contributed by atoms with E-state index in [0.29, 0.717) is 11.7 Å². The minimum absolute atomic E-state index is 0.0717. The summed E-state index contributed by atoms with van der Waals surface area (Å²) in [6, 6.07) is 22.0. The molecule has 3 rings (SSSR count). The Morgan fingerprint density at radius 3 is 2.56 bits per heavy atom. The van der Waals surface area contributed by atoms with Gasteiger partial charge in [-0.2, -0.15) is 5.10 Å². The largest absolute Gasteiger partial charge is 0.484 e. The normalized spacial score (nSPS) is 12.2. The Balaban J connectivity index is 1.49. The van der Waals surface area contributed by atoms with Crippen LogP contribution < -0.4 is 10.2 Å². The van der Waals surface area contributed by atoms with Gasteiger partial charge in [0.25, 0.3) is 5.91 Å². The minimum atomic E-state index is -0.293. The first-order valence-electron chi connectivity index (χ1n) is 9.19. The van der Waals surface area contributed by atoms with Crippen LogP contribution in [0.1, 0.15) is 37.3 Å². The summed E-state index contributed by atoms with van der Waals surface area (Å²) in [5.74, 6) is 0.903. The Morgan fingerprint density at radius 1 is 1.07 bits per heavy atom. The van der Waals surface area contributed by atoms with Crippen LogP contribution in [0.4, 0.5) is 0 Å². The standard InChI is InChI=1S/C23H24N2O2/c1-3-17(2)19-10-12-22(13-11-19)27-16-23(26)25-24-15-18-8-9-20-6-4-5-7-21(20)14-18/h4-15,17H,3,16H2,1-2H3,(H,25,26)/b24-15-/t17-/m1/s1. The number of hydrazone groups is 1. The molecule has 0 aromatic heterocycles. The molecule has 0 unspecified atom stereocenters. The van der Waals surface area contributed by atoms with Crippen molar-refractivity contribution >= 4 is 22.9 Å². The van der Waals surface area contributed by atoms with Gasteiger partial charge < -0.3 is 4.74 Å². The molecule has 0 aliphatic carbocycles. The van der Waals surface area contributed by atoms with E-state index < -0.39 is 0 Å². The Morgan fingerprint density at radius 2 is 1.81 bits per heavy atom. The predicted molar refractivity (Wildman–Crippen MR) is 110 cm³/mol. The maximum Gasteiger partial charge on any atom is 0.277 e. The fourth-order valence-electron chi connectivity index (χ4n) is 2.78. The Hall–Kier alpha value is -3.14. The summed E-state index contributed by atoms with van der Waals surface area (Å²) in [5.41, 5.74) is 4.69. The Kier molecular flexibility index (Phi) is 6.21. The smallest absolute Gasteiger partial charge is 0.277 e. The fourth-order valence-corrected chi connectivity index (χ4v) is 2.78. The van der Waals surface area contributed by atoms with Crippen molar-refractivity contribution in [2.75, 3.05) is 6.61 Å². The van der Waals surface area contributed by atoms with Crippen molar-refractivity contribution in [2.45, 2.75) is 26.2 Å². The molecule has 0 heterocycles. The zero-order valence-electron chi connectivity index (χ0n) is 15.7. The third-order valence-corrected chi connectivity index (χ3v) is 4.61. The molecule has 1 amide bonds. The second kappa shape index (κ2) is 8.99. The maximum absolute atomic E-state index is 11.9. The lowest BCUT2D eigenvalue weighted by Gasteiger charge is -2.10. The van der Waals surface area contributed by atoms with Gasteiger partial charge in [0.2, 0.25) is 0 Å². The maximum atomic E-state index is 11.9. The molecule has 0 saturated heterocycles. The lowest BCUT2D eigenvalue weighted by molar-refractivity contribution is -0.123. The van der Waals surface area contributed by atoms with Crippen molar-refractivity contribution in [3.05, 3.63) is 77.9 Å². The van der Waals surface area contributed by atoms with Gasteiger partial charge in [-0.3, -0.25) is 4.79 Å². The highest BCUT2D eigenvalue weighted by atomic mass is 16.5. The van der Waals surface area contributed by atoms with E-state index >= 15 is 0 Å². The summed E-state index contributed by atoms with van der Waals surface area (Å²) < 4.78 is 5.51. The highest BCUT2D eigenvalue weighted by Gasteiger charge is 2.04. The molecule has 0 fully saturated rings. The molecule has 0 radical (unpaired) electrons. The van der Waals surface area contributed by atoms with Crippen LogP contribution in [0.15, 0.2) is 71.8 Å². The van der Waals surface area contributed by atoms with Crippen LogP contribution in [-0.4, -0.2) is 18.7 Å². The summed E-state index contributed by atoms with van der Waals surface area (Å²) in [6.45, 7) is 4.28. The lowest BCUT2D eigenvalue weighted by atomic mass is 9.99. The molecule has 138 valence electrons. The second-order valence-corrected chi connectivity index (χ2v) is 6.57. The molecule has 0 bridgehead atoms. The molecule has 0 aliphatic rings. The predicted octanol–water partition coefficient (Wildman–Crippen LogP) is 4.88. The van der Waals surface area contributed by atoms with Crippen molar-refractivity contribution in [1.82, 2.24) is 5.43 Å². The van der Waals surface area contributed by atoms with Crippen LogP contribution in [0.2, 0.25) is 0 Å². The third-order valence-electron chi connectivity index (χ3n) is 4.61.